The number of rotatable bonds is 3. The molecule has 2 N–H and O–H groups in total. The summed E-state index contributed by atoms with van der Waals surface area (Å²) in [5.41, 5.74) is -0.927. The van der Waals surface area contributed by atoms with E-state index in [0.29, 0.717) is 31.8 Å². The van der Waals surface area contributed by atoms with Gasteiger partial charge < -0.3 is 15.3 Å². The molecule has 1 saturated heterocycles. The number of aliphatic carboxylic acids is 1. The molecule has 0 radical (unpaired) electrons. The third-order valence-electron chi connectivity index (χ3n) is 5.26. The van der Waals surface area contributed by atoms with E-state index >= 15 is 0 Å². The summed E-state index contributed by atoms with van der Waals surface area (Å²) in [6.07, 6.45) is 4.92. The Bertz CT molecular complexity index is 412. The first-order chi connectivity index (χ1) is 9.78. The van der Waals surface area contributed by atoms with Gasteiger partial charge in [-0.3, -0.25) is 0 Å². The van der Waals surface area contributed by atoms with E-state index in [9.17, 15) is 14.7 Å². The fourth-order valence-corrected chi connectivity index (χ4v) is 3.54. The van der Waals surface area contributed by atoms with Crippen molar-refractivity contribution in [2.24, 2.45) is 11.3 Å². The number of carboxylic acids is 1. The van der Waals surface area contributed by atoms with Gasteiger partial charge in [0, 0.05) is 13.1 Å². The summed E-state index contributed by atoms with van der Waals surface area (Å²) in [5.74, 6) is -0.288. The number of carboxylic acid groups (broad SMARTS) is 1. The number of nitrogens with zero attached hydrogens (tertiary/aromatic N) is 1. The maximum Gasteiger partial charge on any atom is 0.329 e. The maximum atomic E-state index is 12.4. The molecule has 0 aromatic rings. The fraction of sp³-hybridized carbons (Fsp3) is 0.875. The van der Waals surface area contributed by atoms with Crippen molar-refractivity contribution in [3.8, 4) is 0 Å². The molecular formula is C16H28N2O3. The summed E-state index contributed by atoms with van der Waals surface area (Å²) in [6, 6.07) is -0.210. The highest BCUT2D eigenvalue weighted by atomic mass is 16.4. The number of urea groups is 1. The monoisotopic (exact) mass is 296 g/mol. The van der Waals surface area contributed by atoms with E-state index in [1.807, 2.05) is 0 Å². The summed E-state index contributed by atoms with van der Waals surface area (Å²) < 4.78 is 0. The van der Waals surface area contributed by atoms with Gasteiger partial charge >= 0.3 is 12.0 Å². The molecular weight excluding hydrogens is 268 g/mol. The molecule has 1 heterocycles. The van der Waals surface area contributed by atoms with Gasteiger partial charge in [0.1, 0.15) is 5.54 Å². The van der Waals surface area contributed by atoms with Crippen molar-refractivity contribution in [2.75, 3.05) is 13.1 Å². The third kappa shape index (κ3) is 3.50. The first-order valence-electron chi connectivity index (χ1n) is 8.08. The van der Waals surface area contributed by atoms with Gasteiger partial charge in [0.15, 0.2) is 0 Å². The van der Waals surface area contributed by atoms with Crippen LogP contribution in [0.3, 0.4) is 0 Å². The SMILES string of the molecule is CCC1CCC(NC(=O)N2CCC(C)(C)C2)(C(=O)O)CC1. The Hall–Kier alpha value is -1.26. The quantitative estimate of drug-likeness (QED) is 0.841. The van der Waals surface area contributed by atoms with Crippen LogP contribution in [-0.4, -0.2) is 40.6 Å². The summed E-state index contributed by atoms with van der Waals surface area (Å²) in [7, 11) is 0. The Labute approximate surface area is 127 Å². The molecule has 2 aliphatic rings. The van der Waals surface area contributed by atoms with Gasteiger partial charge in [-0.15, -0.1) is 0 Å². The zero-order chi connectivity index (χ0) is 15.7. The number of nitrogens with one attached hydrogen (secondary N) is 1. The van der Waals surface area contributed by atoms with Crippen LogP contribution in [-0.2, 0) is 4.79 Å². The van der Waals surface area contributed by atoms with Crippen LogP contribution < -0.4 is 5.32 Å². The summed E-state index contributed by atoms with van der Waals surface area (Å²) in [4.78, 5) is 25.9. The molecule has 2 amide bonds. The highest BCUT2D eigenvalue weighted by Gasteiger charge is 2.44. The van der Waals surface area contributed by atoms with E-state index in [2.05, 4.69) is 26.1 Å². The molecule has 5 heteroatoms. The topological polar surface area (TPSA) is 69.6 Å². The smallest absolute Gasteiger partial charge is 0.329 e. The van der Waals surface area contributed by atoms with Gasteiger partial charge in [-0.1, -0.05) is 27.2 Å². The van der Waals surface area contributed by atoms with Crippen LogP contribution in [0.15, 0.2) is 0 Å². The molecule has 2 rings (SSSR count). The molecule has 1 saturated carbocycles. The molecule has 0 aromatic heterocycles. The van der Waals surface area contributed by atoms with Crippen molar-refractivity contribution in [1.82, 2.24) is 10.2 Å². The lowest BCUT2D eigenvalue weighted by Gasteiger charge is -2.38. The van der Waals surface area contributed by atoms with Crippen LogP contribution in [0.2, 0.25) is 0 Å². The zero-order valence-electron chi connectivity index (χ0n) is 13.4. The number of amides is 2. The van der Waals surface area contributed by atoms with Crippen LogP contribution >= 0.6 is 0 Å². The van der Waals surface area contributed by atoms with E-state index in [1.165, 1.54) is 0 Å². The minimum absolute atomic E-state index is 0.133. The minimum atomic E-state index is -1.06. The first-order valence-corrected chi connectivity index (χ1v) is 8.08. The van der Waals surface area contributed by atoms with Gasteiger partial charge in [0.05, 0.1) is 0 Å². The second kappa shape index (κ2) is 5.85. The highest BCUT2D eigenvalue weighted by molar-refractivity contribution is 5.86. The van der Waals surface area contributed by atoms with E-state index in [1.54, 1.807) is 4.90 Å². The zero-order valence-corrected chi connectivity index (χ0v) is 13.4. The van der Waals surface area contributed by atoms with Crippen molar-refractivity contribution in [3.63, 3.8) is 0 Å². The molecule has 0 aromatic carbocycles. The van der Waals surface area contributed by atoms with Crippen molar-refractivity contribution in [3.05, 3.63) is 0 Å². The Morgan fingerprint density at radius 2 is 1.86 bits per heavy atom. The van der Waals surface area contributed by atoms with Crippen LogP contribution in [0, 0.1) is 11.3 Å². The van der Waals surface area contributed by atoms with Crippen molar-refractivity contribution < 1.29 is 14.7 Å². The Kier molecular flexibility index (Phi) is 4.49. The predicted molar refractivity (Wildman–Crippen MR) is 81.1 cm³/mol. The van der Waals surface area contributed by atoms with Gasteiger partial charge in [0.2, 0.25) is 0 Å². The molecule has 21 heavy (non-hydrogen) atoms. The van der Waals surface area contributed by atoms with Crippen molar-refractivity contribution >= 4 is 12.0 Å². The van der Waals surface area contributed by atoms with Crippen LogP contribution in [0.1, 0.15) is 59.3 Å². The van der Waals surface area contributed by atoms with Crippen LogP contribution in [0.25, 0.3) is 0 Å². The number of carbonyl (C=O) groups excluding carboxylic acids is 1. The lowest BCUT2D eigenvalue weighted by atomic mass is 9.75. The Morgan fingerprint density at radius 1 is 1.24 bits per heavy atom. The maximum absolute atomic E-state index is 12.4. The third-order valence-corrected chi connectivity index (χ3v) is 5.26. The number of hydrogen-bond donors (Lipinski definition) is 2. The summed E-state index contributed by atoms with van der Waals surface area (Å²) in [5, 5.41) is 12.5. The molecule has 120 valence electrons. The molecule has 5 nitrogen and oxygen atoms in total. The van der Waals surface area contributed by atoms with Crippen LogP contribution in [0.4, 0.5) is 4.79 Å². The van der Waals surface area contributed by atoms with E-state index in [4.69, 9.17) is 0 Å². The lowest BCUT2D eigenvalue weighted by Crippen LogP contribution is -2.59. The second-order valence-corrected chi connectivity index (χ2v) is 7.50. The Balaban J connectivity index is 2.01. The summed E-state index contributed by atoms with van der Waals surface area (Å²) >= 11 is 0. The number of carbonyl (C=O) groups is 2. The average Bonchev–Trinajstić information content (AvgIpc) is 2.80. The largest absolute Gasteiger partial charge is 0.480 e. The standard InChI is InChI=1S/C16H28N2O3/c1-4-12-5-7-16(8-6-12,13(19)20)17-14(21)18-10-9-15(2,3)11-18/h12H,4-11H2,1-3H3,(H,17,21)(H,19,20). The van der Waals surface area contributed by atoms with Gasteiger partial charge in [0.25, 0.3) is 0 Å². The van der Waals surface area contributed by atoms with Crippen molar-refractivity contribution in [2.45, 2.75) is 64.8 Å². The van der Waals surface area contributed by atoms with E-state index < -0.39 is 11.5 Å². The second-order valence-electron chi connectivity index (χ2n) is 7.50. The fourth-order valence-electron chi connectivity index (χ4n) is 3.54. The van der Waals surface area contributed by atoms with Crippen molar-refractivity contribution in [1.29, 1.82) is 0 Å². The molecule has 0 atom stereocenters. The number of likely N-dealkylation sites (tertiary alicyclic amines) is 1. The molecule has 0 unspecified atom stereocenters. The highest BCUT2D eigenvalue weighted by Crippen LogP contribution is 2.35. The minimum Gasteiger partial charge on any atom is -0.480 e. The molecule has 0 bridgehead atoms. The van der Waals surface area contributed by atoms with E-state index in [0.717, 1.165) is 25.7 Å². The average molecular weight is 296 g/mol. The molecule has 1 aliphatic heterocycles. The van der Waals surface area contributed by atoms with Crippen LogP contribution in [0.5, 0.6) is 0 Å². The van der Waals surface area contributed by atoms with E-state index in [-0.39, 0.29) is 11.4 Å². The molecule has 1 aliphatic carbocycles. The first kappa shape index (κ1) is 16.1. The summed E-state index contributed by atoms with van der Waals surface area (Å²) in [6.45, 7) is 7.83. The van der Waals surface area contributed by atoms with Gasteiger partial charge in [-0.25, -0.2) is 9.59 Å². The predicted octanol–water partition coefficient (Wildman–Crippen LogP) is 2.85. The molecule has 2 fully saturated rings. The Morgan fingerprint density at radius 3 is 2.29 bits per heavy atom. The molecule has 0 spiro atoms. The normalized spacial score (nSPS) is 32.0. The van der Waals surface area contributed by atoms with Gasteiger partial charge in [-0.2, -0.15) is 0 Å². The lowest BCUT2D eigenvalue weighted by molar-refractivity contribution is -0.146. The van der Waals surface area contributed by atoms with Gasteiger partial charge in [-0.05, 0) is 43.4 Å². The number of hydrogen-bond acceptors (Lipinski definition) is 2.